The fraction of sp³-hybridized carbons (Fsp3) is 0.310. The van der Waals surface area contributed by atoms with E-state index in [1.807, 2.05) is 44.2 Å². The van der Waals surface area contributed by atoms with E-state index >= 15 is 0 Å². The molecule has 3 aromatic rings. The summed E-state index contributed by atoms with van der Waals surface area (Å²) in [5.41, 5.74) is 1.15. The summed E-state index contributed by atoms with van der Waals surface area (Å²) in [5, 5.41) is 3.66. The van der Waals surface area contributed by atoms with E-state index in [4.69, 9.17) is 58.0 Å². The van der Waals surface area contributed by atoms with Gasteiger partial charge in [-0.05, 0) is 43.2 Å². The molecule has 0 aliphatic carbocycles. The summed E-state index contributed by atoms with van der Waals surface area (Å²) in [6.07, 6.45) is 1.74. The summed E-state index contributed by atoms with van der Waals surface area (Å²) in [5.74, 6) is -1.11. The van der Waals surface area contributed by atoms with Crippen molar-refractivity contribution in [2.24, 2.45) is 0 Å². The molecule has 0 fully saturated rings. The lowest BCUT2D eigenvalue weighted by Crippen LogP contribution is -2.54. The second-order valence-corrected chi connectivity index (χ2v) is 13.7. The number of hydrogen-bond acceptors (Lipinski definition) is 4. The highest BCUT2D eigenvalue weighted by atomic mass is 35.5. The molecule has 3 rings (SSSR count). The van der Waals surface area contributed by atoms with Crippen molar-refractivity contribution in [3.05, 3.63) is 96.9 Å². The lowest BCUT2D eigenvalue weighted by molar-refractivity contribution is -0.140. The quantitative estimate of drug-likeness (QED) is 0.202. The van der Waals surface area contributed by atoms with Crippen LogP contribution in [-0.4, -0.2) is 50.0 Å². The zero-order valence-corrected chi connectivity index (χ0v) is 27.7. The topological polar surface area (TPSA) is 86.8 Å². The second kappa shape index (κ2) is 15.0. The molecule has 2 atom stereocenters. The average Bonchev–Trinajstić information content (AvgIpc) is 2.92. The Bertz CT molecular complexity index is 1520. The maximum Gasteiger partial charge on any atom is 0.244 e. The van der Waals surface area contributed by atoms with Crippen LogP contribution in [0.5, 0.6) is 0 Å². The first-order chi connectivity index (χ1) is 19.7. The van der Waals surface area contributed by atoms with Crippen LogP contribution in [0.4, 0.5) is 5.69 Å². The highest BCUT2D eigenvalue weighted by Gasteiger charge is 2.34. The van der Waals surface area contributed by atoms with Gasteiger partial charge < -0.3 is 10.2 Å². The van der Waals surface area contributed by atoms with Crippen LogP contribution in [0.1, 0.15) is 31.4 Å². The van der Waals surface area contributed by atoms with E-state index in [0.717, 1.165) is 16.1 Å². The van der Waals surface area contributed by atoms with E-state index in [-0.39, 0.29) is 49.8 Å². The van der Waals surface area contributed by atoms with Crippen molar-refractivity contribution in [1.82, 2.24) is 10.2 Å². The minimum atomic E-state index is -4.07. The predicted octanol–water partition coefficient (Wildman–Crippen LogP) is 7.27. The van der Waals surface area contributed by atoms with Gasteiger partial charge in [0.25, 0.3) is 0 Å². The highest BCUT2D eigenvalue weighted by molar-refractivity contribution is 7.92. The highest BCUT2D eigenvalue weighted by Crippen LogP contribution is 2.36. The van der Waals surface area contributed by atoms with Gasteiger partial charge in [0.05, 0.1) is 27.0 Å². The standard InChI is InChI=1S/C29H30Cl5N3O4S/c1-4-18(2)35-29(39)27(13-19-9-6-5-7-10-19)36(16-20-21(30)11-8-12-22(20)31)28(38)17-37(42(3,40)41)26-15-24(33)23(32)14-25(26)34/h5-12,14-15,18,27H,4,13,16-17H2,1-3H3,(H,35,39)/t18-,27-/m1/s1. The molecule has 0 spiro atoms. The third-order valence-corrected chi connectivity index (χ3v) is 9.46. The number of carbonyl (C=O) groups is 2. The van der Waals surface area contributed by atoms with Gasteiger partial charge >= 0.3 is 0 Å². The fourth-order valence-electron chi connectivity index (χ4n) is 4.15. The molecule has 0 saturated carbocycles. The van der Waals surface area contributed by atoms with E-state index in [9.17, 15) is 18.0 Å². The van der Waals surface area contributed by atoms with Gasteiger partial charge in [-0.25, -0.2) is 8.42 Å². The van der Waals surface area contributed by atoms with Gasteiger partial charge in [0.15, 0.2) is 0 Å². The summed E-state index contributed by atoms with van der Waals surface area (Å²) in [6, 6.07) is 15.4. The molecule has 0 aliphatic heterocycles. The third-order valence-electron chi connectivity index (χ3n) is 6.60. The second-order valence-electron chi connectivity index (χ2n) is 9.73. The van der Waals surface area contributed by atoms with Crippen LogP contribution in [0, 0.1) is 0 Å². The van der Waals surface area contributed by atoms with Crippen LogP contribution in [0.2, 0.25) is 25.1 Å². The summed E-state index contributed by atoms with van der Waals surface area (Å²) >= 11 is 31.6. The molecule has 0 radical (unpaired) electrons. The summed E-state index contributed by atoms with van der Waals surface area (Å²) in [6.45, 7) is 2.91. The number of benzene rings is 3. The molecular formula is C29H30Cl5N3O4S. The number of amides is 2. The Morgan fingerprint density at radius 2 is 1.45 bits per heavy atom. The van der Waals surface area contributed by atoms with Crippen molar-refractivity contribution in [3.8, 4) is 0 Å². The maximum atomic E-state index is 14.2. The van der Waals surface area contributed by atoms with Crippen LogP contribution < -0.4 is 9.62 Å². The molecule has 42 heavy (non-hydrogen) atoms. The Kier molecular flexibility index (Phi) is 12.2. The van der Waals surface area contributed by atoms with Crippen LogP contribution in [0.3, 0.4) is 0 Å². The van der Waals surface area contributed by atoms with Crippen LogP contribution in [0.15, 0.2) is 60.7 Å². The Morgan fingerprint density at radius 1 is 0.857 bits per heavy atom. The van der Waals surface area contributed by atoms with Gasteiger partial charge in [0.2, 0.25) is 21.8 Å². The van der Waals surface area contributed by atoms with Gasteiger partial charge in [-0.1, -0.05) is 101 Å². The van der Waals surface area contributed by atoms with E-state index in [0.29, 0.717) is 12.0 Å². The van der Waals surface area contributed by atoms with Crippen molar-refractivity contribution in [3.63, 3.8) is 0 Å². The summed E-state index contributed by atoms with van der Waals surface area (Å²) in [7, 11) is -4.07. The molecular weight excluding hydrogens is 664 g/mol. The Hall–Kier alpha value is -2.20. The summed E-state index contributed by atoms with van der Waals surface area (Å²) in [4.78, 5) is 29.3. The Balaban J connectivity index is 2.15. The van der Waals surface area contributed by atoms with E-state index < -0.39 is 34.4 Å². The van der Waals surface area contributed by atoms with Gasteiger partial charge in [0, 0.05) is 34.6 Å². The fourth-order valence-corrected chi connectivity index (χ4v) is 6.21. The first kappa shape index (κ1) is 34.3. The zero-order chi connectivity index (χ0) is 31.2. The molecule has 0 heterocycles. The molecule has 0 unspecified atom stereocenters. The Morgan fingerprint density at radius 3 is 2.02 bits per heavy atom. The number of anilines is 1. The van der Waals surface area contributed by atoms with Gasteiger partial charge in [-0.2, -0.15) is 0 Å². The van der Waals surface area contributed by atoms with E-state index in [1.165, 1.54) is 17.0 Å². The van der Waals surface area contributed by atoms with Crippen molar-refractivity contribution >= 4 is 85.5 Å². The first-order valence-electron chi connectivity index (χ1n) is 12.9. The molecule has 2 amide bonds. The maximum absolute atomic E-state index is 14.2. The molecule has 226 valence electrons. The van der Waals surface area contributed by atoms with Crippen molar-refractivity contribution < 1.29 is 18.0 Å². The molecule has 1 N–H and O–H groups in total. The predicted molar refractivity (Wildman–Crippen MR) is 173 cm³/mol. The van der Waals surface area contributed by atoms with Gasteiger partial charge in [0.1, 0.15) is 12.6 Å². The minimum absolute atomic E-state index is 0.0290. The van der Waals surface area contributed by atoms with E-state index in [2.05, 4.69) is 5.32 Å². The smallest absolute Gasteiger partial charge is 0.244 e. The molecule has 0 bridgehead atoms. The Labute approximate surface area is 271 Å². The number of rotatable bonds is 12. The molecule has 13 heteroatoms. The van der Waals surface area contributed by atoms with Crippen LogP contribution >= 0.6 is 58.0 Å². The molecule has 0 aliphatic rings. The number of nitrogens with zero attached hydrogens (tertiary/aromatic N) is 2. The minimum Gasteiger partial charge on any atom is -0.352 e. The molecule has 3 aromatic carbocycles. The summed E-state index contributed by atoms with van der Waals surface area (Å²) < 4.78 is 26.8. The normalized spacial score (nSPS) is 12.9. The monoisotopic (exact) mass is 691 g/mol. The third kappa shape index (κ3) is 8.91. The SMILES string of the molecule is CC[C@@H](C)NC(=O)[C@@H](Cc1ccccc1)N(Cc1c(Cl)cccc1Cl)C(=O)CN(c1cc(Cl)c(Cl)cc1Cl)S(C)(=O)=O. The largest absolute Gasteiger partial charge is 0.352 e. The first-order valence-corrected chi connectivity index (χ1v) is 16.7. The zero-order valence-electron chi connectivity index (χ0n) is 23.1. The van der Waals surface area contributed by atoms with Crippen LogP contribution in [0.25, 0.3) is 0 Å². The number of nitrogens with one attached hydrogen (secondary N) is 1. The molecule has 7 nitrogen and oxygen atoms in total. The van der Waals surface area contributed by atoms with Crippen molar-refractivity contribution in [1.29, 1.82) is 0 Å². The molecule has 0 saturated heterocycles. The number of carbonyl (C=O) groups excluding carboxylic acids is 2. The van der Waals surface area contributed by atoms with Gasteiger partial charge in [-0.15, -0.1) is 0 Å². The van der Waals surface area contributed by atoms with E-state index in [1.54, 1.807) is 18.2 Å². The number of hydrogen-bond donors (Lipinski definition) is 1. The number of halogens is 5. The number of sulfonamides is 1. The van der Waals surface area contributed by atoms with Crippen LogP contribution in [-0.2, 0) is 32.6 Å². The average molecular weight is 694 g/mol. The lowest BCUT2D eigenvalue weighted by Gasteiger charge is -2.34. The van der Waals surface area contributed by atoms with Crippen molar-refractivity contribution in [2.75, 3.05) is 17.1 Å². The van der Waals surface area contributed by atoms with Crippen molar-refractivity contribution in [2.45, 2.75) is 45.3 Å². The van der Waals surface area contributed by atoms with Gasteiger partial charge in [-0.3, -0.25) is 13.9 Å². The lowest BCUT2D eigenvalue weighted by atomic mass is 10.0. The molecule has 0 aromatic heterocycles.